The lowest BCUT2D eigenvalue weighted by Crippen LogP contribution is -2.32. The monoisotopic (exact) mass is 352 g/mol. The van der Waals surface area contributed by atoms with Crippen molar-refractivity contribution in [1.82, 2.24) is 0 Å². The molecule has 0 unspecified atom stereocenters. The number of hydrogen-bond acceptors (Lipinski definition) is 3. The van der Waals surface area contributed by atoms with E-state index < -0.39 is 0 Å². The maximum atomic E-state index is 12.2. The molecule has 0 saturated carbocycles. The van der Waals surface area contributed by atoms with Crippen LogP contribution in [0.3, 0.4) is 0 Å². The first-order valence-electron chi connectivity index (χ1n) is 8.68. The molecule has 2 rings (SSSR count). The molecule has 0 heterocycles. The fourth-order valence-electron chi connectivity index (χ4n) is 2.61. The number of nitrogens with one attached hydrogen (secondary N) is 1. The summed E-state index contributed by atoms with van der Waals surface area (Å²) in [4.78, 5) is 37.0. The highest BCUT2D eigenvalue weighted by Gasteiger charge is 2.14. The van der Waals surface area contributed by atoms with Crippen LogP contribution in [0.2, 0.25) is 0 Å². The topological polar surface area (TPSA) is 66.5 Å². The summed E-state index contributed by atoms with van der Waals surface area (Å²) in [5, 5.41) is 2.84. The average molecular weight is 352 g/mol. The SMILES string of the molecule is CCc1ccc(NC(=O)CCN(C(C)=O)c2ccc(C(C)=O)cc2)cc1. The van der Waals surface area contributed by atoms with E-state index in [2.05, 4.69) is 12.2 Å². The summed E-state index contributed by atoms with van der Waals surface area (Å²) >= 11 is 0. The van der Waals surface area contributed by atoms with Crippen molar-refractivity contribution in [3.8, 4) is 0 Å². The lowest BCUT2D eigenvalue weighted by atomic mass is 10.1. The predicted molar refractivity (Wildman–Crippen MR) is 104 cm³/mol. The number of ketones is 1. The van der Waals surface area contributed by atoms with Crippen molar-refractivity contribution >= 4 is 29.0 Å². The minimum atomic E-state index is -0.152. The van der Waals surface area contributed by atoms with Gasteiger partial charge in [-0.15, -0.1) is 0 Å². The molecular formula is C21H24N2O3. The maximum absolute atomic E-state index is 12.2. The first-order valence-corrected chi connectivity index (χ1v) is 8.68. The van der Waals surface area contributed by atoms with Crippen molar-refractivity contribution in [2.45, 2.75) is 33.6 Å². The number of rotatable bonds is 7. The Kier molecular flexibility index (Phi) is 6.67. The summed E-state index contributed by atoms with van der Waals surface area (Å²) in [5.41, 5.74) is 3.21. The molecule has 26 heavy (non-hydrogen) atoms. The second-order valence-electron chi connectivity index (χ2n) is 6.12. The Morgan fingerprint density at radius 3 is 2.04 bits per heavy atom. The number of benzene rings is 2. The van der Waals surface area contributed by atoms with Crippen molar-refractivity contribution < 1.29 is 14.4 Å². The molecule has 2 aromatic carbocycles. The van der Waals surface area contributed by atoms with Gasteiger partial charge in [0.2, 0.25) is 11.8 Å². The van der Waals surface area contributed by atoms with Gasteiger partial charge >= 0.3 is 0 Å². The van der Waals surface area contributed by atoms with Crippen LogP contribution in [0.1, 0.15) is 43.1 Å². The van der Waals surface area contributed by atoms with E-state index >= 15 is 0 Å². The summed E-state index contributed by atoms with van der Waals surface area (Å²) < 4.78 is 0. The van der Waals surface area contributed by atoms with Crippen molar-refractivity contribution in [3.05, 3.63) is 59.7 Å². The Morgan fingerprint density at radius 1 is 0.923 bits per heavy atom. The highest BCUT2D eigenvalue weighted by atomic mass is 16.2. The van der Waals surface area contributed by atoms with Crippen molar-refractivity contribution in [2.75, 3.05) is 16.8 Å². The van der Waals surface area contributed by atoms with E-state index in [1.807, 2.05) is 24.3 Å². The molecule has 0 bridgehead atoms. The molecule has 0 spiro atoms. The van der Waals surface area contributed by atoms with Crippen molar-refractivity contribution in [2.24, 2.45) is 0 Å². The van der Waals surface area contributed by atoms with Gasteiger partial charge in [0, 0.05) is 36.8 Å². The van der Waals surface area contributed by atoms with Gasteiger partial charge in [0.15, 0.2) is 5.78 Å². The fourth-order valence-corrected chi connectivity index (χ4v) is 2.61. The quantitative estimate of drug-likeness (QED) is 0.770. The molecule has 5 nitrogen and oxygen atoms in total. The average Bonchev–Trinajstić information content (AvgIpc) is 2.62. The molecule has 0 radical (unpaired) electrons. The molecule has 2 aromatic rings. The number of anilines is 2. The van der Waals surface area contributed by atoms with Gasteiger partial charge in [0.05, 0.1) is 0 Å². The van der Waals surface area contributed by atoms with Crippen molar-refractivity contribution in [3.63, 3.8) is 0 Å². The van der Waals surface area contributed by atoms with E-state index in [-0.39, 0.29) is 30.6 Å². The zero-order chi connectivity index (χ0) is 19.1. The summed E-state index contributed by atoms with van der Waals surface area (Å²) in [6.07, 6.45) is 1.13. The van der Waals surface area contributed by atoms with Gasteiger partial charge in [-0.05, 0) is 55.3 Å². The number of carbonyl (C=O) groups excluding carboxylic acids is 3. The lowest BCUT2D eigenvalue weighted by molar-refractivity contribution is -0.117. The standard InChI is InChI=1S/C21H24N2O3/c1-4-17-5-9-19(10-6-17)22-21(26)13-14-23(16(3)25)20-11-7-18(8-12-20)15(2)24/h5-12H,4,13-14H2,1-3H3,(H,22,26). The third kappa shape index (κ3) is 5.28. The number of hydrogen-bond donors (Lipinski definition) is 1. The van der Waals surface area contributed by atoms with E-state index in [9.17, 15) is 14.4 Å². The molecule has 0 saturated heterocycles. The summed E-state index contributed by atoms with van der Waals surface area (Å²) in [7, 11) is 0. The second-order valence-corrected chi connectivity index (χ2v) is 6.12. The van der Waals surface area contributed by atoms with E-state index in [0.29, 0.717) is 11.3 Å². The Balaban J connectivity index is 1.97. The Hall–Kier alpha value is -2.95. The van der Waals surface area contributed by atoms with Crippen LogP contribution in [-0.2, 0) is 16.0 Å². The predicted octanol–water partition coefficient (Wildman–Crippen LogP) is 3.83. The van der Waals surface area contributed by atoms with Gasteiger partial charge < -0.3 is 10.2 Å². The fraction of sp³-hybridized carbons (Fsp3) is 0.286. The zero-order valence-corrected chi connectivity index (χ0v) is 15.4. The Labute approximate surface area is 154 Å². The number of carbonyl (C=O) groups is 3. The molecule has 2 amide bonds. The van der Waals surface area contributed by atoms with Gasteiger partial charge in [0.1, 0.15) is 0 Å². The maximum Gasteiger partial charge on any atom is 0.226 e. The highest BCUT2D eigenvalue weighted by molar-refractivity contribution is 5.97. The number of aryl methyl sites for hydroxylation is 1. The van der Waals surface area contributed by atoms with Crippen LogP contribution in [-0.4, -0.2) is 24.1 Å². The van der Waals surface area contributed by atoms with Gasteiger partial charge in [0.25, 0.3) is 0 Å². The third-order valence-electron chi connectivity index (χ3n) is 4.17. The number of amides is 2. The molecule has 0 aromatic heterocycles. The van der Waals surface area contributed by atoms with Gasteiger partial charge in [-0.3, -0.25) is 14.4 Å². The molecule has 0 fully saturated rings. The van der Waals surface area contributed by atoms with Crippen molar-refractivity contribution in [1.29, 1.82) is 0 Å². The number of nitrogens with zero attached hydrogens (tertiary/aromatic N) is 1. The Bertz CT molecular complexity index is 780. The lowest BCUT2D eigenvalue weighted by Gasteiger charge is -2.21. The van der Waals surface area contributed by atoms with E-state index in [0.717, 1.165) is 12.1 Å². The minimum absolute atomic E-state index is 0.0283. The minimum Gasteiger partial charge on any atom is -0.326 e. The number of Topliss-reactive ketones (excluding diaryl/α,β-unsaturated/α-hetero) is 1. The van der Waals surface area contributed by atoms with Gasteiger partial charge in [-0.2, -0.15) is 0 Å². The normalized spacial score (nSPS) is 10.3. The third-order valence-corrected chi connectivity index (χ3v) is 4.17. The van der Waals surface area contributed by atoms with Crippen LogP contribution < -0.4 is 10.2 Å². The highest BCUT2D eigenvalue weighted by Crippen LogP contribution is 2.17. The second kappa shape index (κ2) is 8.94. The molecule has 0 aliphatic carbocycles. The van der Waals surface area contributed by atoms with Gasteiger partial charge in [-0.25, -0.2) is 0 Å². The van der Waals surface area contributed by atoms with Crippen LogP contribution in [0.15, 0.2) is 48.5 Å². The summed E-state index contributed by atoms with van der Waals surface area (Å²) in [5.74, 6) is -0.332. The first-order chi connectivity index (χ1) is 12.4. The van der Waals surface area contributed by atoms with Gasteiger partial charge in [-0.1, -0.05) is 19.1 Å². The molecule has 5 heteroatoms. The molecule has 0 atom stereocenters. The van der Waals surface area contributed by atoms with Crippen LogP contribution in [0.4, 0.5) is 11.4 Å². The Morgan fingerprint density at radius 2 is 1.54 bits per heavy atom. The molecule has 0 aliphatic rings. The summed E-state index contributed by atoms with van der Waals surface area (Å²) in [6, 6.07) is 14.5. The molecule has 1 N–H and O–H groups in total. The van der Waals surface area contributed by atoms with E-state index in [4.69, 9.17) is 0 Å². The van der Waals surface area contributed by atoms with Crippen LogP contribution in [0.5, 0.6) is 0 Å². The first kappa shape index (κ1) is 19.4. The molecule has 0 aliphatic heterocycles. The van der Waals surface area contributed by atoms with Crippen LogP contribution >= 0.6 is 0 Å². The van der Waals surface area contributed by atoms with Crippen LogP contribution in [0, 0.1) is 0 Å². The molecule has 136 valence electrons. The van der Waals surface area contributed by atoms with Crippen LogP contribution in [0.25, 0.3) is 0 Å². The largest absolute Gasteiger partial charge is 0.326 e. The molecular weight excluding hydrogens is 328 g/mol. The summed E-state index contributed by atoms with van der Waals surface area (Å²) in [6.45, 7) is 5.30. The zero-order valence-electron chi connectivity index (χ0n) is 15.4. The van der Waals surface area contributed by atoms with E-state index in [1.54, 1.807) is 24.3 Å². The van der Waals surface area contributed by atoms with E-state index in [1.165, 1.54) is 24.3 Å². The smallest absolute Gasteiger partial charge is 0.226 e.